The summed E-state index contributed by atoms with van der Waals surface area (Å²) in [7, 11) is 0. The molecule has 6 nitrogen and oxygen atoms in total. The minimum Gasteiger partial charge on any atom is -0.457 e. The zero-order valence-electron chi connectivity index (χ0n) is 15.4. The Morgan fingerprint density at radius 2 is 1.70 bits per heavy atom. The number of hydrogen-bond donors (Lipinski definition) is 3. The van der Waals surface area contributed by atoms with E-state index in [4.69, 9.17) is 9.47 Å². The SMILES string of the molecule is OC(Nc1ccc(Oc2ccc(N3CCOCC3)cc2)cc1)[C@@H]1CCCN1. The summed E-state index contributed by atoms with van der Waals surface area (Å²) >= 11 is 0. The molecule has 3 N–H and O–H groups in total. The third kappa shape index (κ3) is 4.71. The molecular weight excluding hydrogens is 342 g/mol. The van der Waals surface area contributed by atoms with Crippen molar-refractivity contribution in [2.24, 2.45) is 0 Å². The van der Waals surface area contributed by atoms with E-state index in [0.717, 1.165) is 62.9 Å². The van der Waals surface area contributed by atoms with E-state index in [1.807, 2.05) is 36.4 Å². The van der Waals surface area contributed by atoms with Crippen molar-refractivity contribution in [2.45, 2.75) is 25.1 Å². The van der Waals surface area contributed by atoms with Crippen LogP contribution in [0.2, 0.25) is 0 Å². The van der Waals surface area contributed by atoms with Crippen LogP contribution in [0.25, 0.3) is 0 Å². The van der Waals surface area contributed by atoms with Crippen LogP contribution in [0.5, 0.6) is 11.5 Å². The number of benzene rings is 2. The minimum absolute atomic E-state index is 0.117. The predicted molar refractivity (Wildman–Crippen MR) is 107 cm³/mol. The molecule has 2 aliphatic rings. The van der Waals surface area contributed by atoms with Crippen molar-refractivity contribution in [2.75, 3.05) is 43.1 Å². The standard InChI is InChI=1S/C21H27N3O3/c25-21(20-2-1-11-22-20)23-16-3-7-18(8-4-16)27-19-9-5-17(6-10-19)24-12-14-26-15-13-24/h3-10,20-23,25H,1-2,11-15H2/t20-,21?/m0/s1. The number of rotatable bonds is 6. The summed E-state index contributed by atoms with van der Waals surface area (Å²) in [6.45, 7) is 4.39. The van der Waals surface area contributed by atoms with E-state index in [-0.39, 0.29) is 6.04 Å². The molecule has 0 bridgehead atoms. The van der Waals surface area contributed by atoms with Crippen LogP contribution < -0.4 is 20.3 Å². The molecule has 0 spiro atoms. The number of anilines is 2. The number of nitrogens with one attached hydrogen (secondary N) is 2. The Labute approximate surface area is 160 Å². The highest BCUT2D eigenvalue weighted by Crippen LogP contribution is 2.26. The third-order valence-corrected chi connectivity index (χ3v) is 5.10. The van der Waals surface area contributed by atoms with Crippen LogP contribution in [0.3, 0.4) is 0 Å². The first kappa shape index (κ1) is 18.1. The normalized spacial score (nSPS) is 21.1. The summed E-state index contributed by atoms with van der Waals surface area (Å²) in [4.78, 5) is 2.32. The summed E-state index contributed by atoms with van der Waals surface area (Å²) in [6.07, 6.45) is 1.53. The van der Waals surface area contributed by atoms with Gasteiger partial charge in [-0.1, -0.05) is 0 Å². The van der Waals surface area contributed by atoms with E-state index in [9.17, 15) is 5.11 Å². The summed E-state index contributed by atoms with van der Waals surface area (Å²) < 4.78 is 11.3. The molecule has 2 aliphatic heterocycles. The molecule has 2 saturated heterocycles. The van der Waals surface area contributed by atoms with Crippen molar-refractivity contribution in [3.05, 3.63) is 48.5 Å². The molecule has 2 aromatic rings. The summed E-state index contributed by atoms with van der Waals surface area (Å²) in [5.41, 5.74) is 2.07. The van der Waals surface area contributed by atoms with Crippen molar-refractivity contribution >= 4 is 11.4 Å². The Bertz CT molecular complexity index is 708. The second-order valence-electron chi connectivity index (χ2n) is 7.01. The van der Waals surface area contributed by atoms with Crippen molar-refractivity contribution in [1.82, 2.24) is 5.32 Å². The average molecular weight is 369 g/mol. The number of nitrogens with zero attached hydrogens (tertiary/aromatic N) is 1. The van der Waals surface area contributed by atoms with E-state index in [1.165, 1.54) is 5.69 Å². The van der Waals surface area contributed by atoms with Gasteiger partial charge in [-0.2, -0.15) is 0 Å². The predicted octanol–water partition coefficient (Wildman–Crippen LogP) is 2.80. The van der Waals surface area contributed by atoms with Crippen molar-refractivity contribution in [1.29, 1.82) is 0 Å². The zero-order valence-corrected chi connectivity index (χ0v) is 15.4. The number of morpholine rings is 1. The Hall–Kier alpha value is -2.28. The molecule has 6 heteroatoms. The molecule has 27 heavy (non-hydrogen) atoms. The maximum Gasteiger partial charge on any atom is 0.139 e. The first-order chi connectivity index (χ1) is 13.3. The Kier molecular flexibility index (Phi) is 5.77. The fourth-order valence-electron chi connectivity index (χ4n) is 3.55. The molecule has 144 valence electrons. The minimum atomic E-state index is -0.577. The molecule has 0 aliphatic carbocycles. The van der Waals surface area contributed by atoms with Crippen molar-refractivity contribution < 1.29 is 14.6 Å². The van der Waals surface area contributed by atoms with Crippen LogP contribution >= 0.6 is 0 Å². The van der Waals surface area contributed by atoms with E-state index in [1.54, 1.807) is 0 Å². The highest BCUT2D eigenvalue weighted by molar-refractivity contribution is 5.51. The molecule has 2 fully saturated rings. The molecule has 4 rings (SSSR count). The van der Waals surface area contributed by atoms with Crippen LogP contribution in [-0.2, 0) is 4.74 Å². The quantitative estimate of drug-likeness (QED) is 0.681. The largest absolute Gasteiger partial charge is 0.457 e. The first-order valence-corrected chi connectivity index (χ1v) is 9.67. The van der Waals surface area contributed by atoms with Crippen LogP contribution in [-0.4, -0.2) is 50.2 Å². The number of aliphatic hydroxyl groups is 1. The lowest BCUT2D eigenvalue weighted by Gasteiger charge is -2.28. The summed E-state index contributed by atoms with van der Waals surface area (Å²) in [5.74, 6) is 1.58. The summed E-state index contributed by atoms with van der Waals surface area (Å²) in [6, 6.07) is 15.9. The van der Waals surface area contributed by atoms with Gasteiger partial charge in [-0.3, -0.25) is 0 Å². The number of aliphatic hydroxyl groups excluding tert-OH is 1. The van der Waals surface area contributed by atoms with Crippen LogP contribution in [0.1, 0.15) is 12.8 Å². The highest BCUT2D eigenvalue weighted by atomic mass is 16.5. The second-order valence-corrected chi connectivity index (χ2v) is 7.01. The van der Waals surface area contributed by atoms with Gasteiger partial charge >= 0.3 is 0 Å². The topological polar surface area (TPSA) is 66.0 Å². The lowest BCUT2D eigenvalue weighted by atomic mass is 10.2. The highest BCUT2D eigenvalue weighted by Gasteiger charge is 2.22. The fourth-order valence-corrected chi connectivity index (χ4v) is 3.55. The second kappa shape index (κ2) is 8.61. The van der Waals surface area contributed by atoms with Gasteiger partial charge in [0.25, 0.3) is 0 Å². The zero-order chi connectivity index (χ0) is 18.5. The Morgan fingerprint density at radius 3 is 2.33 bits per heavy atom. The van der Waals surface area contributed by atoms with E-state index in [2.05, 4.69) is 27.7 Å². The van der Waals surface area contributed by atoms with Gasteiger partial charge in [-0.15, -0.1) is 0 Å². The van der Waals surface area contributed by atoms with Gasteiger partial charge in [-0.25, -0.2) is 0 Å². The lowest BCUT2D eigenvalue weighted by Crippen LogP contribution is -2.39. The Morgan fingerprint density at radius 1 is 1.04 bits per heavy atom. The van der Waals surface area contributed by atoms with Gasteiger partial charge in [0.15, 0.2) is 0 Å². The maximum atomic E-state index is 10.2. The molecule has 2 atom stereocenters. The van der Waals surface area contributed by atoms with Gasteiger partial charge in [0.1, 0.15) is 17.7 Å². The molecule has 2 aromatic carbocycles. The first-order valence-electron chi connectivity index (χ1n) is 9.67. The third-order valence-electron chi connectivity index (χ3n) is 5.10. The van der Waals surface area contributed by atoms with Crippen LogP contribution in [0, 0.1) is 0 Å². The molecule has 0 aromatic heterocycles. The van der Waals surface area contributed by atoms with E-state index in [0.29, 0.717) is 0 Å². The van der Waals surface area contributed by atoms with Gasteiger partial charge in [0.2, 0.25) is 0 Å². The van der Waals surface area contributed by atoms with Crippen LogP contribution in [0.15, 0.2) is 48.5 Å². The lowest BCUT2D eigenvalue weighted by molar-refractivity contribution is 0.122. The van der Waals surface area contributed by atoms with Crippen molar-refractivity contribution in [3.8, 4) is 11.5 Å². The molecule has 0 amide bonds. The van der Waals surface area contributed by atoms with Gasteiger partial charge in [0, 0.05) is 24.5 Å². The molecule has 0 saturated carbocycles. The smallest absolute Gasteiger partial charge is 0.139 e. The molecule has 0 radical (unpaired) electrons. The van der Waals surface area contributed by atoms with E-state index < -0.39 is 6.23 Å². The van der Waals surface area contributed by atoms with Crippen LogP contribution in [0.4, 0.5) is 11.4 Å². The van der Waals surface area contributed by atoms with Gasteiger partial charge in [0.05, 0.1) is 19.3 Å². The maximum absolute atomic E-state index is 10.2. The van der Waals surface area contributed by atoms with Gasteiger partial charge in [-0.05, 0) is 67.9 Å². The Balaban J connectivity index is 1.32. The molecule has 1 unspecified atom stereocenters. The monoisotopic (exact) mass is 369 g/mol. The molecular formula is C21H27N3O3. The fraction of sp³-hybridized carbons (Fsp3) is 0.429. The van der Waals surface area contributed by atoms with Crippen molar-refractivity contribution in [3.63, 3.8) is 0 Å². The summed E-state index contributed by atoms with van der Waals surface area (Å²) in [5, 5.41) is 16.7. The van der Waals surface area contributed by atoms with E-state index >= 15 is 0 Å². The van der Waals surface area contributed by atoms with Gasteiger partial charge < -0.3 is 30.1 Å². The number of hydrogen-bond acceptors (Lipinski definition) is 6. The average Bonchev–Trinajstić information content (AvgIpc) is 3.26. The number of ether oxygens (including phenoxy) is 2. The molecule has 2 heterocycles.